The summed E-state index contributed by atoms with van der Waals surface area (Å²) in [6.07, 6.45) is 0.640. The number of para-hydroxylation sites is 1. The first kappa shape index (κ1) is 22.1. The first-order valence-electron chi connectivity index (χ1n) is 10.0. The molecule has 0 saturated heterocycles. The summed E-state index contributed by atoms with van der Waals surface area (Å²) in [4.78, 5) is 12.8. The summed E-state index contributed by atoms with van der Waals surface area (Å²) in [7, 11) is -3.89. The molecule has 8 heteroatoms. The molecule has 1 aliphatic rings. The Hall–Kier alpha value is -2.58. The lowest BCUT2D eigenvalue weighted by molar-refractivity contribution is -0.116. The van der Waals surface area contributed by atoms with Gasteiger partial charge in [-0.25, -0.2) is 8.42 Å². The van der Waals surface area contributed by atoms with Gasteiger partial charge in [0.2, 0.25) is 15.9 Å². The molecule has 30 heavy (non-hydrogen) atoms. The van der Waals surface area contributed by atoms with Gasteiger partial charge in [-0.15, -0.1) is 0 Å². The first-order valence-corrected chi connectivity index (χ1v) is 11.5. The minimum atomic E-state index is -3.89. The van der Waals surface area contributed by atoms with Crippen molar-refractivity contribution in [3.63, 3.8) is 0 Å². The summed E-state index contributed by atoms with van der Waals surface area (Å²) in [5.41, 5.74) is 1.58. The SMILES string of the molecule is Cc1ccccc1NC(=O)CN(CCC(C)C)S(=O)(=O)c1ccc2c(c1)OCCO2. The van der Waals surface area contributed by atoms with E-state index < -0.39 is 10.0 Å². The third kappa shape index (κ3) is 5.31. The van der Waals surface area contributed by atoms with Gasteiger partial charge in [-0.1, -0.05) is 32.0 Å². The number of ether oxygens (including phenoxy) is 2. The Bertz CT molecular complexity index is 1000. The van der Waals surface area contributed by atoms with Crippen LogP contribution in [0, 0.1) is 12.8 Å². The second-order valence-corrected chi connectivity index (χ2v) is 9.63. The van der Waals surface area contributed by atoms with Crippen LogP contribution >= 0.6 is 0 Å². The maximum absolute atomic E-state index is 13.3. The molecule has 7 nitrogen and oxygen atoms in total. The van der Waals surface area contributed by atoms with Gasteiger partial charge in [-0.3, -0.25) is 4.79 Å². The quantitative estimate of drug-likeness (QED) is 0.691. The molecule has 0 fully saturated rings. The van der Waals surface area contributed by atoms with E-state index in [2.05, 4.69) is 5.32 Å². The van der Waals surface area contributed by atoms with Crippen molar-refractivity contribution in [2.45, 2.75) is 32.1 Å². The van der Waals surface area contributed by atoms with Crippen LogP contribution < -0.4 is 14.8 Å². The summed E-state index contributed by atoms with van der Waals surface area (Å²) in [6.45, 7) is 6.70. The zero-order chi connectivity index (χ0) is 21.7. The smallest absolute Gasteiger partial charge is 0.243 e. The van der Waals surface area contributed by atoms with Crippen molar-refractivity contribution in [3.8, 4) is 11.5 Å². The second kappa shape index (κ2) is 9.49. The van der Waals surface area contributed by atoms with E-state index in [4.69, 9.17) is 9.47 Å². The van der Waals surface area contributed by atoms with Crippen molar-refractivity contribution in [2.75, 3.05) is 31.6 Å². The summed E-state index contributed by atoms with van der Waals surface area (Å²) >= 11 is 0. The van der Waals surface area contributed by atoms with E-state index in [0.29, 0.717) is 42.7 Å². The second-order valence-electron chi connectivity index (χ2n) is 7.69. The maximum atomic E-state index is 13.3. The molecular formula is C22H28N2O5S. The van der Waals surface area contributed by atoms with Crippen LogP contribution in [0.1, 0.15) is 25.8 Å². The molecule has 0 atom stereocenters. The normalized spacial score (nSPS) is 13.5. The number of rotatable bonds is 8. The molecule has 1 amide bonds. The highest BCUT2D eigenvalue weighted by Crippen LogP contribution is 2.33. The molecule has 0 spiro atoms. The van der Waals surface area contributed by atoms with Crippen LogP contribution in [0.3, 0.4) is 0 Å². The number of carbonyl (C=O) groups is 1. The molecule has 3 rings (SSSR count). The summed E-state index contributed by atoms with van der Waals surface area (Å²) in [5, 5.41) is 2.81. The lowest BCUT2D eigenvalue weighted by atomic mass is 10.1. The van der Waals surface area contributed by atoms with Gasteiger partial charge in [0.15, 0.2) is 11.5 Å². The van der Waals surface area contributed by atoms with Crippen LogP contribution in [-0.4, -0.2) is 44.9 Å². The van der Waals surface area contributed by atoms with Crippen LogP contribution in [0.2, 0.25) is 0 Å². The first-order chi connectivity index (χ1) is 14.3. The van der Waals surface area contributed by atoms with Gasteiger partial charge >= 0.3 is 0 Å². The third-order valence-electron chi connectivity index (χ3n) is 4.85. The van der Waals surface area contributed by atoms with Crippen molar-refractivity contribution >= 4 is 21.6 Å². The van der Waals surface area contributed by atoms with Gasteiger partial charge in [0, 0.05) is 18.3 Å². The monoisotopic (exact) mass is 432 g/mol. The fourth-order valence-electron chi connectivity index (χ4n) is 3.08. The van der Waals surface area contributed by atoms with Crippen LogP contribution in [-0.2, 0) is 14.8 Å². The molecule has 2 aromatic rings. The van der Waals surface area contributed by atoms with Crippen molar-refractivity contribution in [3.05, 3.63) is 48.0 Å². The Morgan fingerprint density at radius 2 is 1.80 bits per heavy atom. The molecule has 162 valence electrons. The number of amides is 1. The average Bonchev–Trinajstić information content (AvgIpc) is 2.72. The van der Waals surface area contributed by atoms with E-state index in [1.807, 2.05) is 39.0 Å². The topological polar surface area (TPSA) is 84.9 Å². The summed E-state index contributed by atoms with van der Waals surface area (Å²) in [5.74, 6) is 0.832. The van der Waals surface area contributed by atoms with E-state index in [1.165, 1.54) is 16.4 Å². The average molecular weight is 433 g/mol. The Morgan fingerprint density at radius 3 is 2.50 bits per heavy atom. The number of fused-ring (bicyclic) bond motifs is 1. The highest BCUT2D eigenvalue weighted by Gasteiger charge is 2.28. The number of aryl methyl sites for hydroxylation is 1. The molecular weight excluding hydrogens is 404 g/mol. The lowest BCUT2D eigenvalue weighted by Gasteiger charge is -2.24. The zero-order valence-electron chi connectivity index (χ0n) is 17.6. The van der Waals surface area contributed by atoms with Crippen LogP contribution in [0.4, 0.5) is 5.69 Å². The fourth-order valence-corrected chi connectivity index (χ4v) is 4.51. The molecule has 2 aromatic carbocycles. The number of nitrogens with one attached hydrogen (secondary N) is 1. The van der Waals surface area contributed by atoms with E-state index >= 15 is 0 Å². The molecule has 1 aliphatic heterocycles. The largest absolute Gasteiger partial charge is 0.486 e. The Morgan fingerprint density at radius 1 is 1.10 bits per heavy atom. The van der Waals surface area contributed by atoms with Gasteiger partial charge in [0.25, 0.3) is 0 Å². The zero-order valence-corrected chi connectivity index (χ0v) is 18.4. The number of carbonyl (C=O) groups excluding carboxylic acids is 1. The fraction of sp³-hybridized carbons (Fsp3) is 0.409. The van der Waals surface area contributed by atoms with Crippen molar-refractivity contribution in [1.82, 2.24) is 4.31 Å². The predicted octanol–water partition coefficient (Wildman–Crippen LogP) is 3.44. The van der Waals surface area contributed by atoms with Crippen LogP contribution in [0.5, 0.6) is 11.5 Å². The van der Waals surface area contributed by atoms with Gasteiger partial charge in [0.05, 0.1) is 11.4 Å². The molecule has 1 N–H and O–H groups in total. The summed E-state index contributed by atoms with van der Waals surface area (Å²) in [6, 6.07) is 11.9. The lowest BCUT2D eigenvalue weighted by Crippen LogP contribution is -2.39. The van der Waals surface area contributed by atoms with E-state index in [9.17, 15) is 13.2 Å². The molecule has 0 saturated carbocycles. The van der Waals surface area contributed by atoms with Crippen LogP contribution in [0.15, 0.2) is 47.4 Å². The molecule has 0 aliphatic carbocycles. The number of hydrogen-bond acceptors (Lipinski definition) is 5. The maximum Gasteiger partial charge on any atom is 0.243 e. The predicted molar refractivity (Wildman–Crippen MR) is 115 cm³/mol. The number of anilines is 1. The number of sulfonamides is 1. The highest BCUT2D eigenvalue weighted by atomic mass is 32.2. The molecule has 1 heterocycles. The standard InChI is InChI=1S/C22H28N2O5S/c1-16(2)10-11-24(15-22(25)23-19-7-5-4-6-17(19)3)30(26,27)18-8-9-20-21(14-18)29-13-12-28-20/h4-9,14,16H,10-13,15H2,1-3H3,(H,23,25). The van der Waals surface area contributed by atoms with Gasteiger partial charge in [-0.2, -0.15) is 4.31 Å². The minimum Gasteiger partial charge on any atom is -0.486 e. The highest BCUT2D eigenvalue weighted by molar-refractivity contribution is 7.89. The molecule has 0 bridgehead atoms. The van der Waals surface area contributed by atoms with E-state index in [-0.39, 0.29) is 23.9 Å². The van der Waals surface area contributed by atoms with Crippen molar-refractivity contribution in [2.24, 2.45) is 5.92 Å². The van der Waals surface area contributed by atoms with E-state index in [0.717, 1.165) is 5.56 Å². The Balaban J connectivity index is 1.83. The number of hydrogen-bond donors (Lipinski definition) is 1. The van der Waals surface area contributed by atoms with Gasteiger partial charge in [-0.05, 0) is 43.0 Å². The molecule has 0 unspecified atom stereocenters. The minimum absolute atomic E-state index is 0.0826. The third-order valence-corrected chi connectivity index (χ3v) is 6.69. The van der Waals surface area contributed by atoms with Crippen molar-refractivity contribution < 1.29 is 22.7 Å². The number of nitrogens with zero attached hydrogens (tertiary/aromatic N) is 1. The Kier molecular flexibility index (Phi) is 6.99. The molecule has 0 aromatic heterocycles. The summed E-state index contributed by atoms with van der Waals surface area (Å²) < 4.78 is 38.9. The Labute approximate surface area is 178 Å². The number of benzene rings is 2. The van der Waals surface area contributed by atoms with Crippen LogP contribution in [0.25, 0.3) is 0 Å². The van der Waals surface area contributed by atoms with Crippen molar-refractivity contribution in [1.29, 1.82) is 0 Å². The van der Waals surface area contributed by atoms with E-state index in [1.54, 1.807) is 12.1 Å². The molecule has 0 radical (unpaired) electrons. The van der Waals surface area contributed by atoms with Gasteiger partial charge < -0.3 is 14.8 Å². The van der Waals surface area contributed by atoms with Gasteiger partial charge in [0.1, 0.15) is 13.2 Å².